The Bertz CT molecular complexity index is 586. The van der Waals surface area contributed by atoms with Crippen molar-refractivity contribution in [1.29, 1.82) is 0 Å². The minimum absolute atomic E-state index is 0.227. The zero-order valence-electron chi connectivity index (χ0n) is 9.33. The predicted molar refractivity (Wildman–Crippen MR) is 72.3 cm³/mol. The van der Waals surface area contributed by atoms with E-state index in [2.05, 4.69) is 15.3 Å². The van der Waals surface area contributed by atoms with Crippen LogP contribution in [0.1, 0.15) is 16.1 Å². The maximum atomic E-state index is 11.9. The summed E-state index contributed by atoms with van der Waals surface area (Å²) in [5.41, 5.74) is 6.98. The van der Waals surface area contributed by atoms with Crippen LogP contribution in [0.4, 0.5) is 5.69 Å². The summed E-state index contributed by atoms with van der Waals surface area (Å²) in [6.45, 7) is 0. The van der Waals surface area contributed by atoms with E-state index in [4.69, 9.17) is 18.0 Å². The van der Waals surface area contributed by atoms with Gasteiger partial charge < -0.3 is 11.1 Å². The summed E-state index contributed by atoms with van der Waals surface area (Å²) in [4.78, 5) is 19.9. The molecule has 0 aliphatic rings. The van der Waals surface area contributed by atoms with Crippen molar-refractivity contribution in [3.8, 4) is 0 Å². The van der Waals surface area contributed by atoms with Crippen molar-refractivity contribution in [3.05, 3.63) is 54.1 Å². The summed E-state index contributed by atoms with van der Waals surface area (Å²) in [6.07, 6.45) is 4.34. The van der Waals surface area contributed by atoms with Crippen LogP contribution in [0.3, 0.4) is 0 Å². The summed E-state index contributed by atoms with van der Waals surface area (Å²) < 4.78 is 0. The lowest BCUT2D eigenvalue weighted by molar-refractivity contribution is 0.102. The van der Waals surface area contributed by atoms with Gasteiger partial charge in [0.2, 0.25) is 0 Å². The smallest absolute Gasteiger partial charge is 0.275 e. The number of nitrogens with one attached hydrogen (secondary N) is 1. The molecule has 0 saturated heterocycles. The van der Waals surface area contributed by atoms with Gasteiger partial charge in [-0.05, 0) is 12.1 Å². The maximum absolute atomic E-state index is 11.9. The summed E-state index contributed by atoms with van der Waals surface area (Å²) in [6, 6.07) is 7.05. The monoisotopic (exact) mass is 258 g/mol. The van der Waals surface area contributed by atoms with Crippen LogP contribution in [0.15, 0.2) is 42.9 Å². The highest BCUT2D eigenvalue weighted by Crippen LogP contribution is 2.15. The average molecular weight is 258 g/mol. The Balaban J connectivity index is 2.25. The molecule has 0 saturated carbocycles. The van der Waals surface area contributed by atoms with E-state index in [1.165, 1.54) is 18.6 Å². The maximum Gasteiger partial charge on any atom is 0.275 e. The minimum Gasteiger partial charge on any atom is -0.389 e. The third kappa shape index (κ3) is 2.67. The third-order valence-corrected chi connectivity index (χ3v) is 2.46. The lowest BCUT2D eigenvalue weighted by Gasteiger charge is -2.09. The van der Waals surface area contributed by atoms with Gasteiger partial charge in [-0.1, -0.05) is 24.4 Å². The van der Waals surface area contributed by atoms with E-state index in [0.29, 0.717) is 11.3 Å². The fourth-order valence-electron chi connectivity index (χ4n) is 1.41. The molecule has 90 valence electrons. The number of aromatic nitrogens is 2. The molecule has 0 aliphatic carbocycles. The zero-order valence-corrected chi connectivity index (χ0v) is 10.1. The molecule has 1 aromatic heterocycles. The summed E-state index contributed by atoms with van der Waals surface area (Å²) in [5, 5.41) is 2.70. The predicted octanol–water partition coefficient (Wildman–Crippen LogP) is 1.36. The SMILES string of the molecule is NC(=S)c1ccccc1NC(=O)c1cnccn1. The number of amides is 1. The minimum atomic E-state index is -0.355. The number of hydrogen-bond donors (Lipinski definition) is 2. The number of nitrogens with two attached hydrogens (primary N) is 1. The Morgan fingerprint density at radius 2 is 2.06 bits per heavy atom. The molecule has 1 aromatic carbocycles. The lowest BCUT2D eigenvalue weighted by Crippen LogP contribution is -2.18. The summed E-state index contributed by atoms with van der Waals surface area (Å²) >= 11 is 4.92. The average Bonchev–Trinajstić information content (AvgIpc) is 2.40. The molecule has 0 atom stereocenters. The molecular weight excluding hydrogens is 248 g/mol. The van der Waals surface area contributed by atoms with Gasteiger partial charge in [0, 0.05) is 18.0 Å². The Kier molecular flexibility index (Phi) is 3.59. The fourth-order valence-corrected chi connectivity index (χ4v) is 1.59. The van der Waals surface area contributed by atoms with Gasteiger partial charge in [0.05, 0.1) is 11.9 Å². The van der Waals surface area contributed by atoms with Crippen molar-refractivity contribution in [2.75, 3.05) is 5.32 Å². The van der Waals surface area contributed by atoms with E-state index in [-0.39, 0.29) is 16.6 Å². The largest absolute Gasteiger partial charge is 0.389 e. The van der Waals surface area contributed by atoms with Crippen LogP contribution in [0, 0.1) is 0 Å². The molecule has 0 aliphatic heterocycles. The van der Waals surface area contributed by atoms with Gasteiger partial charge >= 0.3 is 0 Å². The van der Waals surface area contributed by atoms with Crippen LogP contribution in [0.2, 0.25) is 0 Å². The Hall–Kier alpha value is -2.34. The normalized spacial score (nSPS) is 9.78. The molecular formula is C12H10N4OS. The Labute approximate surface area is 109 Å². The Morgan fingerprint density at radius 1 is 1.28 bits per heavy atom. The van der Waals surface area contributed by atoms with Crippen LogP contribution in [0.25, 0.3) is 0 Å². The van der Waals surface area contributed by atoms with Crippen LogP contribution in [0.5, 0.6) is 0 Å². The summed E-state index contributed by atoms with van der Waals surface area (Å²) in [5.74, 6) is -0.355. The number of rotatable bonds is 3. The lowest BCUT2D eigenvalue weighted by atomic mass is 10.1. The first-order valence-electron chi connectivity index (χ1n) is 5.14. The van der Waals surface area contributed by atoms with E-state index >= 15 is 0 Å². The molecule has 2 rings (SSSR count). The van der Waals surface area contributed by atoms with Gasteiger partial charge in [-0.3, -0.25) is 9.78 Å². The molecule has 0 bridgehead atoms. The van der Waals surface area contributed by atoms with Crippen LogP contribution < -0.4 is 11.1 Å². The van der Waals surface area contributed by atoms with Crippen LogP contribution in [-0.2, 0) is 0 Å². The standard InChI is InChI=1S/C12H10N4OS/c13-11(18)8-3-1-2-4-9(8)16-12(17)10-7-14-5-6-15-10/h1-7H,(H2,13,18)(H,16,17). The molecule has 1 heterocycles. The van der Waals surface area contributed by atoms with E-state index in [9.17, 15) is 4.79 Å². The molecule has 1 amide bonds. The summed E-state index contributed by atoms with van der Waals surface area (Å²) in [7, 11) is 0. The second kappa shape index (κ2) is 5.33. The third-order valence-electron chi connectivity index (χ3n) is 2.24. The number of benzene rings is 1. The Morgan fingerprint density at radius 3 is 2.72 bits per heavy atom. The topological polar surface area (TPSA) is 80.9 Å². The van der Waals surface area contributed by atoms with Crippen LogP contribution in [-0.4, -0.2) is 20.9 Å². The van der Waals surface area contributed by atoms with Gasteiger partial charge in [0.1, 0.15) is 10.7 Å². The van der Waals surface area contributed by atoms with E-state index in [1.807, 2.05) is 0 Å². The molecule has 18 heavy (non-hydrogen) atoms. The number of nitrogens with zero attached hydrogens (tertiary/aromatic N) is 2. The van der Waals surface area contributed by atoms with Crippen molar-refractivity contribution in [2.24, 2.45) is 5.73 Å². The molecule has 0 radical (unpaired) electrons. The second-order valence-corrected chi connectivity index (χ2v) is 3.89. The van der Waals surface area contributed by atoms with E-state index in [1.54, 1.807) is 24.3 Å². The number of para-hydroxylation sites is 1. The molecule has 0 unspecified atom stereocenters. The van der Waals surface area contributed by atoms with Crippen LogP contribution >= 0.6 is 12.2 Å². The first kappa shape index (κ1) is 12.1. The molecule has 0 spiro atoms. The number of carbonyl (C=O) groups is 1. The van der Waals surface area contributed by atoms with Crippen molar-refractivity contribution in [1.82, 2.24) is 9.97 Å². The first-order chi connectivity index (χ1) is 8.68. The molecule has 2 aromatic rings. The number of hydrogen-bond acceptors (Lipinski definition) is 4. The molecule has 6 heteroatoms. The van der Waals surface area contributed by atoms with Gasteiger partial charge in [-0.2, -0.15) is 0 Å². The number of anilines is 1. The van der Waals surface area contributed by atoms with Crippen molar-refractivity contribution >= 4 is 28.8 Å². The van der Waals surface area contributed by atoms with Gasteiger partial charge in [-0.15, -0.1) is 0 Å². The quantitative estimate of drug-likeness (QED) is 0.812. The van der Waals surface area contributed by atoms with Gasteiger partial charge in [0.15, 0.2) is 0 Å². The molecule has 5 nitrogen and oxygen atoms in total. The highest BCUT2D eigenvalue weighted by Gasteiger charge is 2.10. The number of carbonyl (C=O) groups excluding carboxylic acids is 1. The first-order valence-corrected chi connectivity index (χ1v) is 5.55. The fraction of sp³-hybridized carbons (Fsp3) is 0. The van der Waals surface area contributed by atoms with Gasteiger partial charge in [0.25, 0.3) is 5.91 Å². The highest BCUT2D eigenvalue weighted by molar-refractivity contribution is 7.80. The van der Waals surface area contributed by atoms with Gasteiger partial charge in [-0.25, -0.2) is 4.98 Å². The zero-order chi connectivity index (χ0) is 13.0. The van der Waals surface area contributed by atoms with Crippen molar-refractivity contribution in [2.45, 2.75) is 0 Å². The van der Waals surface area contributed by atoms with Crippen molar-refractivity contribution < 1.29 is 4.79 Å². The van der Waals surface area contributed by atoms with E-state index in [0.717, 1.165) is 0 Å². The number of thiocarbonyl (C=S) groups is 1. The van der Waals surface area contributed by atoms with E-state index < -0.39 is 0 Å². The highest BCUT2D eigenvalue weighted by atomic mass is 32.1. The van der Waals surface area contributed by atoms with Crippen molar-refractivity contribution in [3.63, 3.8) is 0 Å². The molecule has 3 N–H and O–H groups in total. The molecule has 0 fully saturated rings. The second-order valence-electron chi connectivity index (χ2n) is 3.45.